The molecule has 1 aromatic carbocycles. The highest BCUT2D eigenvalue weighted by Gasteiger charge is 2.19. The number of amides is 1. The molecule has 1 aromatic heterocycles. The molecule has 1 aliphatic rings. The summed E-state index contributed by atoms with van der Waals surface area (Å²) in [4.78, 5) is 12.2. The first-order valence-electron chi connectivity index (χ1n) is 7.18. The van der Waals surface area contributed by atoms with Gasteiger partial charge in [0.2, 0.25) is 5.91 Å². The number of carbonyl (C=O) groups excluding carboxylic acids is 1. The van der Waals surface area contributed by atoms with Crippen LogP contribution >= 0.6 is 23.5 Å². The Morgan fingerprint density at radius 1 is 1.36 bits per heavy atom. The summed E-state index contributed by atoms with van der Waals surface area (Å²) in [6, 6.07) is 8.13. The molecule has 1 fully saturated rings. The molecule has 2 aromatic rings. The number of rotatable bonds is 4. The average Bonchev–Trinajstić information content (AvgIpc) is 3.13. The number of thioether (sulfide) groups is 2. The number of nitrogens with one attached hydrogen (secondary N) is 1. The highest BCUT2D eigenvalue weighted by molar-refractivity contribution is 8.19. The van der Waals surface area contributed by atoms with Crippen LogP contribution < -0.4 is 5.32 Å². The van der Waals surface area contributed by atoms with E-state index in [1.807, 2.05) is 49.5 Å². The summed E-state index contributed by atoms with van der Waals surface area (Å²) in [5.41, 5.74) is 3.76. The number of anilines is 1. The first-order valence-corrected chi connectivity index (χ1v) is 9.28. The third-order valence-corrected chi connectivity index (χ3v) is 6.69. The zero-order chi connectivity index (χ0) is 15.5. The van der Waals surface area contributed by atoms with E-state index in [0.29, 0.717) is 16.8 Å². The summed E-state index contributed by atoms with van der Waals surface area (Å²) >= 11 is 3.92. The molecule has 3 rings (SSSR count). The summed E-state index contributed by atoms with van der Waals surface area (Å²) in [7, 11) is 0. The lowest BCUT2D eigenvalue weighted by Gasteiger charge is -2.11. The molecule has 0 saturated carbocycles. The lowest BCUT2D eigenvalue weighted by molar-refractivity contribution is -0.115. The fourth-order valence-corrected chi connectivity index (χ4v) is 5.27. The Balaban J connectivity index is 1.67. The molecule has 1 N–H and O–H groups in total. The van der Waals surface area contributed by atoms with Crippen molar-refractivity contribution in [3.63, 3.8) is 0 Å². The van der Waals surface area contributed by atoms with Crippen molar-refractivity contribution in [1.29, 1.82) is 0 Å². The van der Waals surface area contributed by atoms with Crippen LogP contribution in [0.2, 0.25) is 0 Å². The Morgan fingerprint density at radius 3 is 2.82 bits per heavy atom. The van der Waals surface area contributed by atoms with E-state index >= 15 is 0 Å². The summed E-state index contributed by atoms with van der Waals surface area (Å²) in [6.45, 7) is 3.69. The van der Waals surface area contributed by atoms with Crippen molar-refractivity contribution in [1.82, 2.24) is 5.16 Å². The van der Waals surface area contributed by atoms with E-state index in [0.717, 1.165) is 16.9 Å². The number of benzene rings is 1. The van der Waals surface area contributed by atoms with Crippen LogP contribution in [-0.4, -0.2) is 22.6 Å². The second-order valence-corrected chi connectivity index (χ2v) is 7.95. The normalized spacial score (nSPS) is 15.2. The maximum absolute atomic E-state index is 12.2. The molecule has 1 aliphatic heterocycles. The summed E-state index contributed by atoms with van der Waals surface area (Å²) in [6.07, 6.45) is 0.290. The van der Waals surface area contributed by atoms with Gasteiger partial charge in [-0.3, -0.25) is 4.79 Å². The molecule has 0 unspecified atom stereocenters. The Hall–Kier alpha value is -1.40. The monoisotopic (exact) mass is 334 g/mol. The number of hydrogen-bond acceptors (Lipinski definition) is 5. The number of hydrogen-bond donors (Lipinski definition) is 1. The van der Waals surface area contributed by atoms with Gasteiger partial charge in [-0.25, -0.2) is 0 Å². The molecule has 2 heterocycles. The Kier molecular flexibility index (Phi) is 4.78. The zero-order valence-electron chi connectivity index (χ0n) is 12.6. The van der Waals surface area contributed by atoms with E-state index in [-0.39, 0.29) is 5.91 Å². The van der Waals surface area contributed by atoms with E-state index in [1.54, 1.807) is 0 Å². The quantitative estimate of drug-likeness (QED) is 0.917. The molecule has 0 aliphatic carbocycles. The molecule has 116 valence electrons. The minimum Gasteiger partial charge on any atom is -0.361 e. The SMILES string of the molecule is Cc1noc(C)c1CC(=O)Nc1cccc(C2SCCS2)c1. The Labute approximate surface area is 138 Å². The van der Waals surface area contributed by atoms with E-state index in [9.17, 15) is 4.79 Å². The van der Waals surface area contributed by atoms with Crippen molar-refractivity contribution < 1.29 is 9.32 Å². The van der Waals surface area contributed by atoms with Crippen LogP contribution in [0.15, 0.2) is 28.8 Å². The van der Waals surface area contributed by atoms with Gasteiger partial charge in [-0.05, 0) is 31.5 Å². The predicted molar refractivity (Wildman–Crippen MR) is 92.4 cm³/mol. The van der Waals surface area contributed by atoms with E-state index in [4.69, 9.17) is 4.52 Å². The molecule has 0 radical (unpaired) electrons. The summed E-state index contributed by atoms with van der Waals surface area (Å²) in [5.74, 6) is 3.05. The second-order valence-electron chi connectivity index (χ2n) is 5.23. The number of nitrogens with zero attached hydrogens (tertiary/aromatic N) is 1. The van der Waals surface area contributed by atoms with Gasteiger partial charge in [0, 0.05) is 22.8 Å². The highest BCUT2D eigenvalue weighted by atomic mass is 32.2. The van der Waals surface area contributed by atoms with Gasteiger partial charge >= 0.3 is 0 Å². The lowest BCUT2D eigenvalue weighted by Crippen LogP contribution is -2.15. The van der Waals surface area contributed by atoms with E-state index in [1.165, 1.54) is 17.1 Å². The van der Waals surface area contributed by atoms with Crippen molar-refractivity contribution in [2.24, 2.45) is 0 Å². The van der Waals surface area contributed by atoms with Gasteiger partial charge < -0.3 is 9.84 Å². The van der Waals surface area contributed by atoms with Crippen LogP contribution in [0, 0.1) is 13.8 Å². The molecular formula is C16H18N2O2S2. The first-order chi connectivity index (χ1) is 10.6. The van der Waals surface area contributed by atoms with E-state index in [2.05, 4.69) is 22.6 Å². The van der Waals surface area contributed by atoms with Crippen molar-refractivity contribution in [3.8, 4) is 0 Å². The standard InChI is InChI=1S/C16H18N2O2S2/c1-10-14(11(2)20-18-10)9-15(19)17-13-5-3-4-12(8-13)16-21-6-7-22-16/h3-5,8,16H,6-7,9H2,1-2H3,(H,17,19). The minimum absolute atomic E-state index is 0.0433. The van der Waals surface area contributed by atoms with Crippen LogP contribution in [0.5, 0.6) is 0 Å². The van der Waals surface area contributed by atoms with Crippen LogP contribution in [0.4, 0.5) is 5.69 Å². The maximum atomic E-state index is 12.2. The minimum atomic E-state index is -0.0433. The average molecular weight is 334 g/mol. The largest absolute Gasteiger partial charge is 0.361 e. The first kappa shape index (κ1) is 15.5. The Morgan fingerprint density at radius 2 is 2.14 bits per heavy atom. The van der Waals surface area contributed by atoms with Gasteiger partial charge in [-0.1, -0.05) is 17.3 Å². The second kappa shape index (κ2) is 6.79. The predicted octanol–water partition coefficient (Wildman–Crippen LogP) is 3.95. The van der Waals surface area contributed by atoms with Gasteiger partial charge in [0.25, 0.3) is 0 Å². The molecule has 22 heavy (non-hydrogen) atoms. The van der Waals surface area contributed by atoms with Crippen molar-refractivity contribution in [2.45, 2.75) is 24.9 Å². The molecule has 0 atom stereocenters. The molecule has 0 spiro atoms. The molecule has 1 amide bonds. The van der Waals surface area contributed by atoms with Gasteiger partial charge in [0.1, 0.15) is 5.76 Å². The van der Waals surface area contributed by atoms with Crippen LogP contribution in [0.3, 0.4) is 0 Å². The number of carbonyl (C=O) groups is 1. The van der Waals surface area contributed by atoms with Crippen molar-refractivity contribution in [3.05, 3.63) is 46.8 Å². The van der Waals surface area contributed by atoms with Gasteiger partial charge in [0.15, 0.2) is 0 Å². The van der Waals surface area contributed by atoms with Gasteiger partial charge in [-0.2, -0.15) is 0 Å². The fourth-order valence-electron chi connectivity index (χ4n) is 2.43. The molecule has 0 bridgehead atoms. The van der Waals surface area contributed by atoms with Crippen LogP contribution in [0.1, 0.15) is 27.2 Å². The zero-order valence-corrected chi connectivity index (χ0v) is 14.2. The van der Waals surface area contributed by atoms with E-state index < -0.39 is 0 Å². The molecule has 1 saturated heterocycles. The molecular weight excluding hydrogens is 316 g/mol. The Bertz CT molecular complexity index is 659. The maximum Gasteiger partial charge on any atom is 0.228 e. The smallest absolute Gasteiger partial charge is 0.228 e. The summed E-state index contributed by atoms with van der Waals surface area (Å²) < 4.78 is 5.58. The lowest BCUT2D eigenvalue weighted by atomic mass is 10.1. The fraction of sp³-hybridized carbons (Fsp3) is 0.375. The van der Waals surface area contributed by atoms with Crippen molar-refractivity contribution in [2.75, 3.05) is 16.8 Å². The van der Waals surface area contributed by atoms with Crippen LogP contribution in [-0.2, 0) is 11.2 Å². The van der Waals surface area contributed by atoms with Crippen molar-refractivity contribution >= 4 is 35.1 Å². The topological polar surface area (TPSA) is 55.1 Å². The number of aryl methyl sites for hydroxylation is 2. The molecule has 6 heteroatoms. The number of aromatic nitrogens is 1. The molecule has 4 nitrogen and oxygen atoms in total. The van der Waals surface area contributed by atoms with Gasteiger partial charge in [-0.15, -0.1) is 23.5 Å². The third-order valence-electron chi connectivity index (χ3n) is 3.58. The van der Waals surface area contributed by atoms with Crippen LogP contribution in [0.25, 0.3) is 0 Å². The summed E-state index contributed by atoms with van der Waals surface area (Å²) in [5, 5.41) is 6.85. The van der Waals surface area contributed by atoms with Gasteiger partial charge in [0.05, 0.1) is 16.7 Å². The third kappa shape index (κ3) is 3.50. The highest BCUT2D eigenvalue weighted by Crippen LogP contribution is 2.45.